The summed E-state index contributed by atoms with van der Waals surface area (Å²) in [7, 11) is 3.08. The lowest BCUT2D eigenvalue weighted by molar-refractivity contribution is -0.736. The Hall–Kier alpha value is -2.31. The number of aromatic nitrogens is 4. The molecule has 0 fully saturated rings. The molecule has 1 aromatic heterocycles. The summed E-state index contributed by atoms with van der Waals surface area (Å²) in [4.78, 5) is 16.3. The summed E-state index contributed by atoms with van der Waals surface area (Å²) < 4.78 is 1.58. The fourth-order valence-corrected chi connectivity index (χ4v) is 1.58. The maximum Gasteiger partial charge on any atom is 0.317 e. The third kappa shape index (κ3) is 1.99. The van der Waals surface area contributed by atoms with E-state index >= 15 is 0 Å². The Bertz CT molecular complexity index is 564. The summed E-state index contributed by atoms with van der Waals surface area (Å²) in [5, 5.41) is 11.3. The lowest BCUT2D eigenvalue weighted by atomic mass is 10.1. The minimum atomic E-state index is 0.434. The van der Waals surface area contributed by atoms with Crippen LogP contribution in [0.1, 0.15) is 5.56 Å². The zero-order valence-electron chi connectivity index (χ0n) is 9.78. The number of aryl methyl sites for hydroxylation is 2. The van der Waals surface area contributed by atoms with Gasteiger partial charge >= 0.3 is 5.69 Å². The van der Waals surface area contributed by atoms with E-state index in [9.17, 15) is 4.91 Å². The Labute approximate surface area is 97.5 Å². The highest BCUT2D eigenvalue weighted by Gasteiger charge is 2.17. The molecule has 0 amide bonds. The van der Waals surface area contributed by atoms with Crippen LogP contribution in [0, 0.1) is 11.8 Å². The first-order valence-corrected chi connectivity index (χ1v) is 4.98. The van der Waals surface area contributed by atoms with Crippen molar-refractivity contribution in [2.75, 3.05) is 7.11 Å². The molecule has 0 unspecified atom stereocenters. The van der Waals surface area contributed by atoms with Crippen molar-refractivity contribution in [3.63, 3.8) is 0 Å². The van der Waals surface area contributed by atoms with E-state index in [0.717, 1.165) is 11.1 Å². The molecule has 7 nitrogen and oxygen atoms in total. The van der Waals surface area contributed by atoms with E-state index in [2.05, 4.69) is 20.4 Å². The zero-order valence-corrected chi connectivity index (χ0v) is 9.78. The second-order valence-corrected chi connectivity index (χ2v) is 3.57. The smallest absolute Gasteiger partial charge is 0.230 e. The summed E-state index contributed by atoms with van der Waals surface area (Å²) in [6.45, 7) is 1.89. The van der Waals surface area contributed by atoms with E-state index in [4.69, 9.17) is 0 Å². The molecule has 2 rings (SSSR count). The van der Waals surface area contributed by atoms with Crippen LogP contribution in [-0.2, 0) is 11.9 Å². The fraction of sp³-hybridized carbons (Fsp3) is 0.300. The van der Waals surface area contributed by atoms with E-state index in [1.165, 1.54) is 7.11 Å². The minimum Gasteiger partial charge on any atom is -0.230 e. The van der Waals surface area contributed by atoms with Crippen molar-refractivity contribution in [3.05, 3.63) is 28.7 Å². The van der Waals surface area contributed by atoms with Gasteiger partial charge in [0.1, 0.15) is 0 Å². The van der Waals surface area contributed by atoms with Gasteiger partial charge in [-0.25, -0.2) is 9.52 Å². The largest absolute Gasteiger partial charge is 0.317 e. The first-order chi connectivity index (χ1) is 8.13. The molecule has 0 radical (unpaired) electrons. The molecule has 1 heterocycles. The molecule has 17 heavy (non-hydrogen) atoms. The van der Waals surface area contributed by atoms with Crippen LogP contribution >= 0.6 is 0 Å². The average Bonchev–Trinajstić information content (AvgIpc) is 2.74. The number of tetrazole rings is 1. The first-order valence-electron chi connectivity index (χ1n) is 4.98. The van der Waals surface area contributed by atoms with Gasteiger partial charge in [0.25, 0.3) is 4.92 Å². The second kappa shape index (κ2) is 4.28. The van der Waals surface area contributed by atoms with Crippen molar-refractivity contribution < 1.29 is 9.76 Å². The Balaban J connectivity index is 2.46. The summed E-state index contributed by atoms with van der Waals surface area (Å²) in [5.41, 5.74) is 2.22. The monoisotopic (exact) mass is 234 g/mol. The highest BCUT2D eigenvalue weighted by Crippen LogP contribution is 2.24. The summed E-state index contributed by atoms with van der Waals surface area (Å²) in [6.07, 6.45) is 0. The van der Waals surface area contributed by atoms with E-state index in [1.54, 1.807) is 29.9 Å². The van der Waals surface area contributed by atoms with Gasteiger partial charge in [0, 0.05) is 24.7 Å². The normalized spacial score (nSPS) is 10.3. The van der Waals surface area contributed by atoms with Gasteiger partial charge < -0.3 is 0 Å². The number of hydrogen-bond donors (Lipinski definition) is 0. The third-order valence-electron chi connectivity index (χ3n) is 2.45. The number of nitrogens with zero attached hydrogens (tertiary/aromatic N) is 5. The van der Waals surface area contributed by atoms with Crippen molar-refractivity contribution in [1.29, 1.82) is 0 Å². The summed E-state index contributed by atoms with van der Waals surface area (Å²) in [5.74, 6) is 0.656. The Kier molecular flexibility index (Phi) is 2.82. The Morgan fingerprint density at radius 2 is 2.18 bits per heavy atom. The summed E-state index contributed by atoms with van der Waals surface area (Å²) >= 11 is 0. The topological polar surface area (TPSA) is 72.9 Å². The van der Waals surface area contributed by atoms with Gasteiger partial charge in [-0.2, -0.15) is 0 Å². The molecule has 88 valence electrons. The lowest BCUT2D eigenvalue weighted by Gasteiger charge is -2.02. The second-order valence-electron chi connectivity index (χ2n) is 3.57. The lowest BCUT2D eigenvalue weighted by Crippen LogP contribution is -2.00. The Morgan fingerprint density at radius 1 is 1.41 bits per heavy atom. The number of benzene rings is 1. The molecule has 2 aromatic rings. The van der Waals surface area contributed by atoms with Crippen LogP contribution in [-0.4, -0.2) is 32.2 Å². The molecule has 0 N–H and O–H groups in total. The maximum atomic E-state index is 11.3. The van der Waals surface area contributed by atoms with Gasteiger partial charge in [0.05, 0.1) is 4.91 Å². The predicted octanol–water partition coefficient (Wildman–Crippen LogP) is 1.16. The van der Waals surface area contributed by atoms with E-state index in [1.807, 2.05) is 6.92 Å². The molecule has 0 atom stereocenters. The van der Waals surface area contributed by atoms with Crippen molar-refractivity contribution in [2.24, 2.45) is 7.05 Å². The van der Waals surface area contributed by atoms with Gasteiger partial charge in [0.2, 0.25) is 0 Å². The van der Waals surface area contributed by atoms with Gasteiger partial charge in [-0.3, -0.25) is 0 Å². The first kappa shape index (κ1) is 11.2. The maximum absolute atomic E-state index is 11.3. The highest BCUT2D eigenvalue weighted by molar-refractivity contribution is 5.62. The molecule has 0 spiro atoms. The van der Waals surface area contributed by atoms with Crippen molar-refractivity contribution in [3.8, 4) is 11.4 Å². The average molecular weight is 234 g/mol. The molecule has 0 aliphatic rings. The third-order valence-corrected chi connectivity index (χ3v) is 2.45. The predicted molar refractivity (Wildman–Crippen MR) is 59.3 cm³/mol. The number of hydrogen-bond acceptors (Lipinski definition) is 5. The molecule has 0 aliphatic heterocycles. The van der Waals surface area contributed by atoms with Crippen LogP contribution in [0.15, 0.2) is 18.2 Å². The van der Waals surface area contributed by atoms with Crippen LogP contribution in [0.2, 0.25) is 0 Å². The fourth-order valence-electron chi connectivity index (χ4n) is 1.58. The zero-order chi connectivity index (χ0) is 12.4. The van der Waals surface area contributed by atoms with Crippen LogP contribution in [0.25, 0.3) is 11.4 Å². The molecule has 0 saturated carbocycles. The van der Waals surface area contributed by atoms with Crippen LogP contribution in [0.5, 0.6) is 0 Å². The van der Waals surface area contributed by atoms with E-state index < -0.39 is 0 Å². The van der Waals surface area contributed by atoms with Crippen molar-refractivity contribution in [1.82, 2.24) is 20.2 Å². The van der Waals surface area contributed by atoms with Crippen LogP contribution in [0.3, 0.4) is 0 Å². The molecule has 0 bridgehead atoms. The molecule has 0 saturated heterocycles. The van der Waals surface area contributed by atoms with Crippen molar-refractivity contribution in [2.45, 2.75) is 6.92 Å². The van der Waals surface area contributed by atoms with E-state index in [-0.39, 0.29) is 0 Å². The molecule has 0 aliphatic carbocycles. The van der Waals surface area contributed by atoms with Gasteiger partial charge in [-0.1, -0.05) is 0 Å². The number of rotatable bonds is 3. The van der Waals surface area contributed by atoms with Crippen LogP contribution < -0.4 is 0 Å². The van der Waals surface area contributed by atoms with Crippen LogP contribution in [0.4, 0.5) is 5.69 Å². The van der Waals surface area contributed by atoms with Gasteiger partial charge in [0.15, 0.2) is 12.9 Å². The highest BCUT2D eigenvalue weighted by atomic mass is 16.8. The minimum absolute atomic E-state index is 0.434. The molecular formula is C10H12N5O2+. The standard InChI is InChI=1S/C10H12N5O2/c1-7-6-8(15(16)17-3)4-5-9(7)10-11-12-13-14(10)2/h4-6H,1-3H3/q+1. The van der Waals surface area contributed by atoms with Gasteiger partial charge in [-0.05, 0) is 29.0 Å². The SMILES string of the molecule is CO[N+](=O)c1ccc(-c2nnnn2C)c(C)c1. The molecular weight excluding hydrogens is 222 g/mol. The van der Waals surface area contributed by atoms with Gasteiger partial charge in [-0.15, -0.1) is 5.10 Å². The molecule has 7 heteroatoms. The van der Waals surface area contributed by atoms with Crippen molar-refractivity contribution >= 4 is 5.69 Å². The molecule has 1 aromatic carbocycles. The van der Waals surface area contributed by atoms with E-state index in [0.29, 0.717) is 16.4 Å². The quantitative estimate of drug-likeness (QED) is 0.745. The Morgan fingerprint density at radius 3 is 2.71 bits per heavy atom. The summed E-state index contributed by atoms with van der Waals surface area (Å²) in [6, 6.07) is 5.17.